The van der Waals surface area contributed by atoms with Crippen LogP contribution in [0.25, 0.3) is 0 Å². The van der Waals surface area contributed by atoms with Crippen molar-refractivity contribution < 1.29 is 9.47 Å². The van der Waals surface area contributed by atoms with E-state index in [9.17, 15) is 0 Å². The van der Waals surface area contributed by atoms with Gasteiger partial charge < -0.3 is 9.47 Å². The molecule has 1 aliphatic rings. The van der Waals surface area contributed by atoms with Crippen molar-refractivity contribution in [2.24, 2.45) is 5.92 Å². The van der Waals surface area contributed by atoms with E-state index in [2.05, 4.69) is 6.07 Å². The summed E-state index contributed by atoms with van der Waals surface area (Å²) in [6.07, 6.45) is 3.79. The van der Waals surface area contributed by atoms with E-state index in [1.807, 2.05) is 12.1 Å². The molecule has 17 heavy (non-hydrogen) atoms. The third kappa shape index (κ3) is 2.36. The second kappa shape index (κ2) is 5.09. The minimum atomic E-state index is 0.180. The lowest BCUT2D eigenvalue weighted by molar-refractivity contribution is 0.354. The molecular weight excluding hydrogens is 214 g/mol. The van der Waals surface area contributed by atoms with E-state index in [-0.39, 0.29) is 5.92 Å². The number of hydrogen-bond acceptors (Lipinski definition) is 3. The predicted molar refractivity (Wildman–Crippen MR) is 65.3 cm³/mol. The van der Waals surface area contributed by atoms with E-state index in [1.54, 1.807) is 14.2 Å². The number of benzene rings is 1. The van der Waals surface area contributed by atoms with Crippen LogP contribution in [0.3, 0.4) is 0 Å². The Morgan fingerprint density at radius 2 is 1.53 bits per heavy atom. The molecule has 0 saturated heterocycles. The zero-order chi connectivity index (χ0) is 12.3. The molecule has 0 radical (unpaired) electrons. The van der Waals surface area contributed by atoms with Gasteiger partial charge in [0.25, 0.3) is 0 Å². The Morgan fingerprint density at radius 1 is 1.06 bits per heavy atom. The maximum atomic E-state index is 9.00. The second-order valence-electron chi connectivity index (χ2n) is 4.38. The molecule has 0 spiro atoms. The molecule has 0 aromatic heterocycles. The Labute approximate surface area is 102 Å². The topological polar surface area (TPSA) is 42.2 Å². The maximum absolute atomic E-state index is 9.00. The molecule has 0 fully saturated rings. The van der Waals surface area contributed by atoms with Crippen molar-refractivity contribution in [2.45, 2.75) is 25.7 Å². The fourth-order valence-electron chi connectivity index (χ4n) is 2.36. The van der Waals surface area contributed by atoms with Crippen molar-refractivity contribution in [3.63, 3.8) is 0 Å². The summed E-state index contributed by atoms with van der Waals surface area (Å²) in [5.41, 5.74) is 2.58. The zero-order valence-electron chi connectivity index (χ0n) is 10.3. The Kier molecular flexibility index (Phi) is 3.53. The SMILES string of the molecule is COc1cc2c(cc1OC)CCC(C#N)CC2. The van der Waals surface area contributed by atoms with E-state index < -0.39 is 0 Å². The molecule has 1 aliphatic carbocycles. The normalized spacial score (nSPS) is 15.6. The summed E-state index contributed by atoms with van der Waals surface area (Å²) in [6.45, 7) is 0. The van der Waals surface area contributed by atoms with Gasteiger partial charge in [-0.2, -0.15) is 5.26 Å². The Hall–Kier alpha value is -1.69. The summed E-state index contributed by atoms with van der Waals surface area (Å²) in [7, 11) is 3.30. The number of fused-ring (bicyclic) bond motifs is 1. The molecule has 0 saturated carbocycles. The first-order valence-corrected chi connectivity index (χ1v) is 5.92. The number of methoxy groups -OCH3 is 2. The standard InChI is InChI=1S/C14H17NO2/c1-16-13-7-11-5-3-10(9-15)4-6-12(11)8-14(13)17-2/h7-8,10H,3-6H2,1-2H3. The van der Waals surface area contributed by atoms with Crippen LogP contribution in [0.15, 0.2) is 12.1 Å². The number of aryl methyl sites for hydroxylation is 2. The molecule has 1 aromatic rings. The van der Waals surface area contributed by atoms with Gasteiger partial charge in [0, 0.05) is 5.92 Å². The second-order valence-corrected chi connectivity index (χ2v) is 4.38. The van der Waals surface area contributed by atoms with Crippen LogP contribution in [0.2, 0.25) is 0 Å². The van der Waals surface area contributed by atoms with Gasteiger partial charge in [0.05, 0.1) is 20.3 Å². The average molecular weight is 231 g/mol. The lowest BCUT2D eigenvalue weighted by atomic mass is 10.0. The van der Waals surface area contributed by atoms with Gasteiger partial charge in [0.1, 0.15) is 0 Å². The van der Waals surface area contributed by atoms with Crippen molar-refractivity contribution in [2.75, 3.05) is 14.2 Å². The molecule has 0 unspecified atom stereocenters. The van der Waals surface area contributed by atoms with Gasteiger partial charge in [-0.1, -0.05) is 0 Å². The largest absolute Gasteiger partial charge is 0.493 e. The third-order valence-corrected chi connectivity index (χ3v) is 3.41. The first-order chi connectivity index (χ1) is 8.28. The van der Waals surface area contributed by atoms with E-state index in [4.69, 9.17) is 14.7 Å². The number of nitrogens with zero attached hydrogens (tertiary/aromatic N) is 1. The quantitative estimate of drug-likeness (QED) is 0.735. The zero-order valence-corrected chi connectivity index (χ0v) is 10.3. The van der Waals surface area contributed by atoms with Crippen molar-refractivity contribution in [1.29, 1.82) is 5.26 Å². The predicted octanol–water partition coefficient (Wildman–Crippen LogP) is 2.72. The van der Waals surface area contributed by atoms with Gasteiger partial charge in [-0.05, 0) is 48.9 Å². The third-order valence-electron chi connectivity index (χ3n) is 3.41. The molecule has 0 atom stereocenters. The highest BCUT2D eigenvalue weighted by molar-refractivity contribution is 5.48. The van der Waals surface area contributed by atoms with Crippen molar-refractivity contribution in [1.82, 2.24) is 0 Å². The van der Waals surface area contributed by atoms with Crippen molar-refractivity contribution in [3.8, 4) is 17.6 Å². The van der Waals surface area contributed by atoms with Crippen LogP contribution >= 0.6 is 0 Å². The van der Waals surface area contributed by atoms with Crippen molar-refractivity contribution >= 4 is 0 Å². The monoisotopic (exact) mass is 231 g/mol. The van der Waals surface area contributed by atoms with E-state index in [0.717, 1.165) is 37.2 Å². The minimum Gasteiger partial charge on any atom is -0.493 e. The van der Waals surface area contributed by atoms with Gasteiger partial charge in [-0.3, -0.25) is 0 Å². The van der Waals surface area contributed by atoms with Crippen LogP contribution in [0, 0.1) is 17.2 Å². The lowest BCUT2D eigenvalue weighted by Crippen LogP contribution is -1.96. The summed E-state index contributed by atoms with van der Waals surface area (Å²) in [5.74, 6) is 1.74. The van der Waals surface area contributed by atoms with E-state index in [1.165, 1.54) is 11.1 Å². The lowest BCUT2D eigenvalue weighted by Gasteiger charge is -2.12. The number of hydrogen-bond donors (Lipinski definition) is 0. The highest BCUT2D eigenvalue weighted by atomic mass is 16.5. The van der Waals surface area contributed by atoms with Crippen LogP contribution in [-0.2, 0) is 12.8 Å². The Morgan fingerprint density at radius 3 is 1.88 bits per heavy atom. The highest BCUT2D eigenvalue weighted by Gasteiger charge is 2.18. The number of rotatable bonds is 2. The summed E-state index contributed by atoms with van der Waals surface area (Å²) >= 11 is 0. The Bertz CT molecular complexity index is 413. The molecule has 3 nitrogen and oxygen atoms in total. The van der Waals surface area contributed by atoms with E-state index >= 15 is 0 Å². The van der Waals surface area contributed by atoms with Gasteiger partial charge in [0.2, 0.25) is 0 Å². The van der Waals surface area contributed by atoms with Crippen molar-refractivity contribution in [3.05, 3.63) is 23.3 Å². The summed E-state index contributed by atoms with van der Waals surface area (Å²) in [6, 6.07) is 6.47. The molecule has 3 heteroatoms. The Balaban J connectivity index is 2.34. The smallest absolute Gasteiger partial charge is 0.161 e. The maximum Gasteiger partial charge on any atom is 0.161 e. The molecule has 1 aromatic carbocycles. The molecule has 0 heterocycles. The molecule has 0 bridgehead atoms. The van der Waals surface area contributed by atoms with Gasteiger partial charge in [-0.15, -0.1) is 0 Å². The summed E-state index contributed by atoms with van der Waals surface area (Å²) in [5, 5.41) is 9.00. The average Bonchev–Trinajstić information content (AvgIpc) is 2.58. The molecule has 90 valence electrons. The van der Waals surface area contributed by atoms with Crippen LogP contribution in [0.1, 0.15) is 24.0 Å². The van der Waals surface area contributed by atoms with Gasteiger partial charge in [-0.25, -0.2) is 0 Å². The van der Waals surface area contributed by atoms with E-state index in [0.29, 0.717) is 0 Å². The first kappa shape index (κ1) is 11.8. The van der Waals surface area contributed by atoms with Crippen LogP contribution in [0.4, 0.5) is 0 Å². The minimum absolute atomic E-state index is 0.180. The van der Waals surface area contributed by atoms with Crippen LogP contribution < -0.4 is 9.47 Å². The molecular formula is C14H17NO2. The first-order valence-electron chi connectivity index (χ1n) is 5.92. The fraction of sp³-hybridized carbons (Fsp3) is 0.500. The summed E-state index contributed by atoms with van der Waals surface area (Å²) < 4.78 is 10.6. The molecule has 0 aliphatic heterocycles. The molecule has 0 amide bonds. The summed E-state index contributed by atoms with van der Waals surface area (Å²) in [4.78, 5) is 0. The van der Waals surface area contributed by atoms with Crippen LogP contribution in [0.5, 0.6) is 11.5 Å². The van der Waals surface area contributed by atoms with Gasteiger partial charge in [0.15, 0.2) is 11.5 Å². The van der Waals surface area contributed by atoms with Crippen LogP contribution in [-0.4, -0.2) is 14.2 Å². The molecule has 2 rings (SSSR count). The fourth-order valence-corrected chi connectivity index (χ4v) is 2.36. The highest BCUT2D eigenvalue weighted by Crippen LogP contribution is 2.34. The number of nitriles is 1. The van der Waals surface area contributed by atoms with Gasteiger partial charge >= 0.3 is 0 Å². The molecule has 0 N–H and O–H groups in total. The number of ether oxygens (including phenoxy) is 2.